The summed E-state index contributed by atoms with van der Waals surface area (Å²) in [5.74, 6) is -0.427. The minimum atomic E-state index is -0.826. The van der Waals surface area contributed by atoms with Crippen LogP contribution in [0.15, 0.2) is 46.4 Å². The largest absolute Gasteiger partial charge is 0.496 e. The van der Waals surface area contributed by atoms with Crippen molar-refractivity contribution in [3.05, 3.63) is 52.0 Å². The number of carbonyl (C=O) groups is 3. The first-order chi connectivity index (χ1) is 13.9. The van der Waals surface area contributed by atoms with E-state index in [1.54, 1.807) is 36.4 Å². The molecule has 1 fully saturated rings. The van der Waals surface area contributed by atoms with Crippen molar-refractivity contribution in [3.63, 3.8) is 0 Å². The summed E-state index contributed by atoms with van der Waals surface area (Å²) in [7, 11) is 4.37. The van der Waals surface area contributed by atoms with Crippen molar-refractivity contribution in [3.8, 4) is 17.2 Å². The summed E-state index contributed by atoms with van der Waals surface area (Å²) in [5.41, 5.74) is 0.441. The number of hydrogen-bond donors (Lipinski definition) is 1. The molecule has 0 unspecified atom stereocenters. The Bertz CT molecular complexity index is 991. The molecule has 2 aromatic carbocycles. The zero-order valence-corrected chi connectivity index (χ0v) is 17.4. The van der Waals surface area contributed by atoms with Crippen LogP contribution in [0.4, 0.5) is 10.5 Å². The highest BCUT2D eigenvalue weighted by atomic mass is 79.9. The fourth-order valence-corrected chi connectivity index (χ4v) is 3.07. The van der Waals surface area contributed by atoms with Gasteiger partial charge in [-0.05, 0) is 30.3 Å². The maximum Gasteiger partial charge on any atom is 0.335 e. The second-order valence-electron chi connectivity index (χ2n) is 5.88. The molecule has 0 spiro atoms. The van der Waals surface area contributed by atoms with Gasteiger partial charge in [-0.3, -0.25) is 14.9 Å². The van der Waals surface area contributed by atoms with Crippen LogP contribution in [0, 0.1) is 0 Å². The Labute approximate surface area is 175 Å². The standard InChI is InChI=1S/C20H17BrN2O6/c1-27-13-8-16(28-2)14(17(9-13)29-3)10-15-18(24)22-20(26)23(19(15)25)12-6-4-11(21)5-7-12/h4-10H,1-3H3,(H,22,24,26)/b15-10+. The van der Waals surface area contributed by atoms with E-state index in [9.17, 15) is 14.4 Å². The Morgan fingerprint density at radius 3 is 2.03 bits per heavy atom. The van der Waals surface area contributed by atoms with Crippen LogP contribution in [0.1, 0.15) is 5.56 Å². The monoisotopic (exact) mass is 460 g/mol. The van der Waals surface area contributed by atoms with Crippen molar-refractivity contribution in [2.45, 2.75) is 0 Å². The minimum absolute atomic E-state index is 0.241. The number of barbiturate groups is 1. The molecule has 3 rings (SSSR count). The van der Waals surface area contributed by atoms with Gasteiger partial charge in [0.2, 0.25) is 0 Å². The van der Waals surface area contributed by atoms with Crippen molar-refractivity contribution in [2.24, 2.45) is 0 Å². The van der Waals surface area contributed by atoms with Gasteiger partial charge in [0.25, 0.3) is 11.8 Å². The van der Waals surface area contributed by atoms with Gasteiger partial charge in [-0.1, -0.05) is 15.9 Å². The summed E-state index contributed by atoms with van der Waals surface area (Å²) in [6.07, 6.45) is 1.33. The molecular formula is C20H17BrN2O6. The molecule has 0 bridgehead atoms. The van der Waals surface area contributed by atoms with Crippen LogP contribution in [-0.2, 0) is 9.59 Å². The SMILES string of the molecule is COc1cc(OC)c(/C=C2\C(=O)NC(=O)N(c3ccc(Br)cc3)C2=O)c(OC)c1. The average Bonchev–Trinajstić information content (AvgIpc) is 2.71. The number of ether oxygens (including phenoxy) is 3. The van der Waals surface area contributed by atoms with E-state index in [0.29, 0.717) is 28.5 Å². The topological polar surface area (TPSA) is 94.2 Å². The Balaban J connectivity index is 2.11. The van der Waals surface area contributed by atoms with Crippen LogP contribution in [0.5, 0.6) is 17.2 Å². The van der Waals surface area contributed by atoms with Crippen LogP contribution in [0.3, 0.4) is 0 Å². The molecule has 9 heteroatoms. The number of benzene rings is 2. The number of nitrogens with zero attached hydrogens (tertiary/aromatic N) is 1. The lowest BCUT2D eigenvalue weighted by Gasteiger charge is -2.26. The van der Waals surface area contributed by atoms with E-state index in [0.717, 1.165) is 9.37 Å². The number of imide groups is 2. The van der Waals surface area contributed by atoms with Gasteiger partial charge in [0, 0.05) is 16.6 Å². The van der Waals surface area contributed by atoms with E-state index < -0.39 is 17.8 Å². The molecule has 8 nitrogen and oxygen atoms in total. The molecule has 2 aromatic rings. The van der Waals surface area contributed by atoms with Gasteiger partial charge >= 0.3 is 6.03 Å². The number of nitrogens with one attached hydrogen (secondary N) is 1. The highest BCUT2D eigenvalue weighted by Gasteiger charge is 2.37. The summed E-state index contributed by atoms with van der Waals surface area (Å²) in [6.45, 7) is 0. The maximum atomic E-state index is 13.0. The van der Waals surface area contributed by atoms with E-state index in [1.807, 2.05) is 0 Å². The number of amides is 4. The molecular weight excluding hydrogens is 444 g/mol. The first-order valence-corrected chi connectivity index (χ1v) is 9.16. The molecule has 0 aromatic heterocycles. The van der Waals surface area contributed by atoms with Gasteiger partial charge < -0.3 is 14.2 Å². The molecule has 0 radical (unpaired) electrons. The van der Waals surface area contributed by atoms with Gasteiger partial charge in [0.15, 0.2) is 0 Å². The van der Waals surface area contributed by atoms with Gasteiger partial charge in [0.05, 0.1) is 32.6 Å². The number of methoxy groups -OCH3 is 3. The first kappa shape index (κ1) is 20.4. The van der Waals surface area contributed by atoms with Gasteiger partial charge in [-0.15, -0.1) is 0 Å². The number of halogens is 1. The zero-order valence-electron chi connectivity index (χ0n) is 15.8. The summed E-state index contributed by atoms with van der Waals surface area (Å²) in [6, 6.07) is 8.91. The number of anilines is 1. The fraction of sp³-hybridized carbons (Fsp3) is 0.150. The fourth-order valence-electron chi connectivity index (χ4n) is 2.80. The zero-order chi connectivity index (χ0) is 21.1. The van der Waals surface area contributed by atoms with Crippen LogP contribution in [-0.4, -0.2) is 39.2 Å². The molecule has 1 aliphatic rings. The lowest BCUT2D eigenvalue weighted by Crippen LogP contribution is -2.54. The molecule has 1 heterocycles. The van der Waals surface area contributed by atoms with E-state index in [1.165, 1.54) is 27.4 Å². The van der Waals surface area contributed by atoms with Gasteiger partial charge in [-0.2, -0.15) is 0 Å². The molecule has 1 N–H and O–H groups in total. The highest BCUT2D eigenvalue weighted by Crippen LogP contribution is 2.36. The van der Waals surface area contributed by atoms with Crippen molar-refractivity contribution < 1.29 is 28.6 Å². The Kier molecular flexibility index (Phi) is 5.88. The molecule has 0 atom stereocenters. The molecule has 29 heavy (non-hydrogen) atoms. The van der Waals surface area contributed by atoms with Crippen LogP contribution in [0.2, 0.25) is 0 Å². The first-order valence-electron chi connectivity index (χ1n) is 8.36. The van der Waals surface area contributed by atoms with E-state index in [-0.39, 0.29) is 5.57 Å². The summed E-state index contributed by atoms with van der Waals surface area (Å²) < 4.78 is 16.7. The maximum absolute atomic E-state index is 13.0. The smallest absolute Gasteiger partial charge is 0.335 e. The third-order valence-corrected chi connectivity index (χ3v) is 4.76. The van der Waals surface area contributed by atoms with Crippen molar-refractivity contribution in [2.75, 3.05) is 26.2 Å². The van der Waals surface area contributed by atoms with Crippen molar-refractivity contribution >= 4 is 45.5 Å². The number of rotatable bonds is 5. The van der Waals surface area contributed by atoms with Gasteiger partial charge in [0.1, 0.15) is 22.8 Å². The predicted octanol–water partition coefficient (Wildman–Crippen LogP) is 3.14. The molecule has 0 aliphatic carbocycles. The molecule has 1 aliphatic heterocycles. The molecule has 150 valence electrons. The van der Waals surface area contributed by atoms with E-state index in [2.05, 4.69) is 21.2 Å². The molecule has 1 saturated heterocycles. The summed E-state index contributed by atoms with van der Waals surface area (Å²) in [5, 5.41) is 2.18. The molecule has 0 saturated carbocycles. The van der Waals surface area contributed by atoms with E-state index in [4.69, 9.17) is 14.2 Å². The number of carbonyl (C=O) groups excluding carboxylic acids is 3. The van der Waals surface area contributed by atoms with Crippen LogP contribution < -0.4 is 24.4 Å². The Hall–Kier alpha value is -3.33. The molecule has 4 amide bonds. The summed E-state index contributed by atoms with van der Waals surface area (Å²) in [4.78, 5) is 38.6. The summed E-state index contributed by atoms with van der Waals surface area (Å²) >= 11 is 3.30. The Morgan fingerprint density at radius 1 is 0.931 bits per heavy atom. The third kappa shape index (κ3) is 3.95. The normalized spacial score (nSPS) is 15.4. The lowest BCUT2D eigenvalue weighted by atomic mass is 10.0. The predicted molar refractivity (Wildman–Crippen MR) is 109 cm³/mol. The second-order valence-corrected chi connectivity index (χ2v) is 6.80. The average molecular weight is 461 g/mol. The highest BCUT2D eigenvalue weighted by molar-refractivity contribution is 9.10. The lowest BCUT2D eigenvalue weighted by molar-refractivity contribution is -0.122. The quantitative estimate of drug-likeness (QED) is 0.543. The van der Waals surface area contributed by atoms with Crippen molar-refractivity contribution in [1.82, 2.24) is 5.32 Å². The van der Waals surface area contributed by atoms with Crippen LogP contribution >= 0.6 is 15.9 Å². The number of urea groups is 1. The second kappa shape index (κ2) is 8.36. The number of hydrogen-bond acceptors (Lipinski definition) is 6. The van der Waals surface area contributed by atoms with E-state index >= 15 is 0 Å². The third-order valence-electron chi connectivity index (χ3n) is 4.23. The Morgan fingerprint density at radius 2 is 1.52 bits per heavy atom. The van der Waals surface area contributed by atoms with Crippen molar-refractivity contribution in [1.29, 1.82) is 0 Å². The van der Waals surface area contributed by atoms with Crippen LogP contribution in [0.25, 0.3) is 6.08 Å². The minimum Gasteiger partial charge on any atom is -0.496 e. The van der Waals surface area contributed by atoms with Gasteiger partial charge in [-0.25, -0.2) is 9.69 Å².